The molecule has 1 saturated heterocycles. The van der Waals surface area contributed by atoms with Crippen LogP contribution < -0.4 is 10.2 Å². The van der Waals surface area contributed by atoms with Crippen molar-refractivity contribution in [1.82, 2.24) is 5.32 Å². The van der Waals surface area contributed by atoms with Crippen molar-refractivity contribution >= 4 is 5.69 Å². The Morgan fingerprint density at radius 2 is 1.76 bits per heavy atom. The molecule has 1 aliphatic heterocycles. The Labute approximate surface area is 130 Å². The van der Waals surface area contributed by atoms with Crippen molar-refractivity contribution in [3.8, 4) is 0 Å². The summed E-state index contributed by atoms with van der Waals surface area (Å²) in [5.41, 5.74) is 4.88. The molecule has 1 fully saturated rings. The highest BCUT2D eigenvalue weighted by molar-refractivity contribution is 5.51. The Hall–Kier alpha value is -1.02. The number of hydrogen-bond donors (Lipinski definition) is 1. The number of aryl methyl sites for hydroxylation is 1. The summed E-state index contributed by atoms with van der Waals surface area (Å²) < 4.78 is 0. The molecule has 0 bridgehead atoms. The van der Waals surface area contributed by atoms with Crippen LogP contribution >= 0.6 is 0 Å². The largest absolute Gasteiger partial charge is 0.371 e. The van der Waals surface area contributed by atoms with E-state index in [1.54, 1.807) is 0 Å². The summed E-state index contributed by atoms with van der Waals surface area (Å²) in [6.45, 7) is 17.0. The van der Waals surface area contributed by atoms with Gasteiger partial charge < -0.3 is 10.2 Å². The van der Waals surface area contributed by atoms with Crippen molar-refractivity contribution in [3.63, 3.8) is 0 Å². The van der Waals surface area contributed by atoms with Crippen LogP contribution in [-0.2, 0) is 6.54 Å². The van der Waals surface area contributed by atoms with Gasteiger partial charge in [0.1, 0.15) is 0 Å². The highest BCUT2D eigenvalue weighted by atomic mass is 15.1. The first-order valence-electron chi connectivity index (χ1n) is 8.26. The van der Waals surface area contributed by atoms with Crippen LogP contribution in [-0.4, -0.2) is 18.6 Å². The van der Waals surface area contributed by atoms with E-state index >= 15 is 0 Å². The van der Waals surface area contributed by atoms with Crippen molar-refractivity contribution in [2.45, 2.75) is 66.5 Å². The zero-order chi connectivity index (χ0) is 15.7. The number of rotatable bonds is 3. The fourth-order valence-electron chi connectivity index (χ4n) is 2.81. The second-order valence-corrected chi connectivity index (χ2v) is 8.37. The predicted octanol–water partition coefficient (Wildman–Crippen LogP) is 4.51. The van der Waals surface area contributed by atoms with Gasteiger partial charge in [0.2, 0.25) is 0 Å². The number of piperidine rings is 1. The van der Waals surface area contributed by atoms with Crippen LogP contribution in [0.5, 0.6) is 0 Å². The zero-order valence-corrected chi connectivity index (χ0v) is 14.7. The number of benzene rings is 1. The summed E-state index contributed by atoms with van der Waals surface area (Å²) in [5.74, 6) is 0. The first kappa shape index (κ1) is 16.4. The third kappa shape index (κ3) is 4.74. The smallest absolute Gasteiger partial charge is 0.0369 e. The van der Waals surface area contributed by atoms with Gasteiger partial charge in [-0.25, -0.2) is 0 Å². The van der Waals surface area contributed by atoms with Gasteiger partial charge in [-0.15, -0.1) is 0 Å². The van der Waals surface area contributed by atoms with E-state index in [4.69, 9.17) is 0 Å². The molecule has 2 rings (SSSR count). The quantitative estimate of drug-likeness (QED) is 0.880. The molecule has 118 valence electrons. The monoisotopic (exact) mass is 288 g/mol. The van der Waals surface area contributed by atoms with Crippen LogP contribution in [0.25, 0.3) is 0 Å². The molecule has 0 aliphatic carbocycles. The van der Waals surface area contributed by atoms with E-state index in [1.165, 1.54) is 42.7 Å². The Balaban J connectivity index is 2.02. The first-order valence-corrected chi connectivity index (χ1v) is 8.26. The minimum Gasteiger partial charge on any atom is -0.371 e. The van der Waals surface area contributed by atoms with Crippen LogP contribution in [0.15, 0.2) is 18.2 Å². The molecule has 0 spiro atoms. The molecule has 0 radical (unpaired) electrons. The molecule has 1 N–H and O–H groups in total. The van der Waals surface area contributed by atoms with E-state index in [0.29, 0.717) is 5.41 Å². The molecule has 0 atom stereocenters. The minimum absolute atomic E-state index is 0.170. The molecular weight excluding hydrogens is 256 g/mol. The van der Waals surface area contributed by atoms with E-state index in [1.807, 2.05) is 0 Å². The van der Waals surface area contributed by atoms with Gasteiger partial charge in [-0.1, -0.05) is 19.9 Å². The lowest BCUT2D eigenvalue weighted by Gasteiger charge is -2.38. The predicted molar refractivity (Wildman–Crippen MR) is 93.0 cm³/mol. The Bertz CT molecular complexity index is 473. The number of anilines is 1. The van der Waals surface area contributed by atoms with E-state index in [-0.39, 0.29) is 5.54 Å². The van der Waals surface area contributed by atoms with Crippen molar-refractivity contribution in [1.29, 1.82) is 0 Å². The summed E-state index contributed by atoms with van der Waals surface area (Å²) in [7, 11) is 0. The molecular formula is C19H32N2. The van der Waals surface area contributed by atoms with Gasteiger partial charge in [0.25, 0.3) is 0 Å². The van der Waals surface area contributed by atoms with Crippen molar-refractivity contribution in [3.05, 3.63) is 29.3 Å². The zero-order valence-electron chi connectivity index (χ0n) is 14.7. The fraction of sp³-hybridized carbons (Fsp3) is 0.684. The minimum atomic E-state index is 0.170. The lowest BCUT2D eigenvalue weighted by atomic mass is 9.82. The van der Waals surface area contributed by atoms with E-state index in [9.17, 15) is 0 Å². The van der Waals surface area contributed by atoms with Crippen molar-refractivity contribution in [2.24, 2.45) is 5.41 Å². The number of hydrogen-bond acceptors (Lipinski definition) is 2. The molecule has 0 amide bonds. The van der Waals surface area contributed by atoms with Crippen molar-refractivity contribution in [2.75, 3.05) is 18.0 Å². The maximum Gasteiger partial charge on any atom is 0.0369 e. The second-order valence-electron chi connectivity index (χ2n) is 8.37. The molecule has 0 saturated carbocycles. The first-order chi connectivity index (χ1) is 9.66. The topological polar surface area (TPSA) is 15.3 Å². The molecule has 1 aromatic carbocycles. The summed E-state index contributed by atoms with van der Waals surface area (Å²) >= 11 is 0. The van der Waals surface area contributed by atoms with Gasteiger partial charge in [-0.3, -0.25) is 0 Å². The van der Waals surface area contributed by atoms with Crippen LogP contribution in [0.4, 0.5) is 5.69 Å². The van der Waals surface area contributed by atoms with E-state index < -0.39 is 0 Å². The lowest BCUT2D eigenvalue weighted by Crippen LogP contribution is -2.37. The summed E-state index contributed by atoms with van der Waals surface area (Å²) in [6, 6.07) is 6.95. The Morgan fingerprint density at radius 3 is 2.29 bits per heavy atom. The average Bonchev–Trinajstić information content (AvgIpc) is 2.36. The molecule has 0 unspecified atom stereocenters. The van der Waals surface area contributed by atoms with Crippen LogP contribution in [0.2, 0.25) is 0 Å². The van der Waals surface area contributed by atoms with Gasteiger partial charge >= 0.3 is 0 Å². The third-order valence-corrected chi connectivity index (χ3v) is 4.62. The molecule has 0 aromatic heterocycles. The van der Waals surface area contributed by atoms with E-state index in [0.717, 1.165) is 6.54 Å². The lowest BCUT2D eigenvalue weighted by molar-refractivity contribution is 0.280. The standard InChI is InChI=1S/C19H32N2/c1-15-13-17(21-11-9-19(5,6)10-12-21)8-7-16(15)14-20-18(2,3)4/h7-8,13,20H,9-12,14H2,1-6H3. The summed E-state index contributed by atoms with van der Waals surface area (Å²) in [5, 5.41) is 3.58. The van der Waals surface area contributed by atoms with Crippen LogP contribution in [0.3, 0.4) is 0 Å². The Morgan fingerprint density at radius 1 is 1.14 bits per heavy atom. The highest BCUT2D eigenvalue weighted by Gasteiger charge is 2.25. The van der Waals surface area contributed by atoms with Crippen LogP contribution in [0.1, 0.15) is 58.6 Å². The van der Waals surface area contributed by atoms with Crippen molar-refractivity contribution < 1.29 is 0 Å². The summed E-state index contributed by atoms with van der Waals surface area (Å²) in [6.07, 6.45) is 2.58. The third-order valence-electron chi connectivity index (χ3n) is 4.62. The molecule has 1 aliphatic rings. The number of nitrogens with one attached hydrogen (secondary N) is 1. The number of nitrogens with zero attached hydrogens (tertiary/aromatic N) is 1. The molecule has 2 heteroatoms. The van der Waals surface area contributed by atoms with Gasteiger partial charge in [0, 0.05) is 30.9 Å². The fourth-order valence-corrected chi connectivity index (χ4v) is 2.81. The molecule has 2 nitrogen and oxygen atoms in total. The van der Waals surface area contributed by atoms with Gasteiger partial charge in [-0.2, -0.15) is 0 Å². The van der Waals surface area contributed by atoms with Gasteiger partial charge in [-0.05, 0) is 69.2 Å². The van der Waals surface area contributed by atoms with Crippen LogP contribution in [0, 0.1) is 12.3 Å². The Kier molecular flexibility index (Phi) is 4.67. The molecule has 1 heterocycles. The average molecular weight is 288 g/mol. The summed E-state index contributed by atoms with van der Waals surface area (Å²) in [4.78, 5) is 2.54. The maximum atomic E-state index is 3.58. The van der Waals surface area contributed by atoms with E-state index in [2.05, 4.69) is 70.0 Å². The molecule has 21 heavy (non-hydrogen) atoms. The maximum absolute atomic E-state index is 3.58. The van der Waals surface area contributed by atoms with Gasteiger partial charge in [0.05, 0.1) is 0 Å². The SMILES string of the molecule is Cc1cc(N2CCC(C)(C)CC2)ccc1CNC(C)(C)C. The molecule has 1 aromatic rings. The second kappa shape index (κ2) is 6.00. The normalized spacial score (nSPS) is 18.9. The highest BCUT2D eigenvalue weighted by Crippen LogP contribution is 2.32. The van der Waals surface area contributed by atoms with Gasteiger partial charge in [0.15, 0.2) is 0 Å².